The van der Waals surface area contributed by atoms with Gasteiger partial charge in [0.25, 0.3) is 10.2 Å². The maximum Gasteiger partial charge on any atom is 0.274 e. The van der Waals surface area contributed by atoms with Gasteiger partial charge in [0.05, 0.1) is 6.42 Å². The number of amides is 1. The normalized spacial score (nSPS) is 13.8. The van der Waals surface area contributed by atoms with Crippen LogP contribution in [0.5, 0.6) is 0 Å². The van der Waals surface area contributed by atoms with Gasteiger partial charge in [0, 0.05) is 18.3 Å². The van der Waals surface area contributed by atoms with Crippen molar-refractivity contribution in [3.63, 3.8) is 0 Å². The van der Waals surface area contributed by atoms with E-state index < -0.39 is 10.2 Å². The fourth-order valence-electron chi connectivity index (χ4n) is 2.42. The molecule has 22 heavy (non-hydrogen) atoms. The summed E-state index contributed by atoms with van der Waals surface area (Å²) in [7, 11) is -3.73. The molecule has 0 fully saturated rings. The summed E-state index contributed by atoms with van der Waals surface area (Å²) >= 11 is 0. The van der Waals surface area contributed by atoms with Crippen molar-refractivity contribution in [3.8, 4) is 11.1 Å². The van der Waals surface area contributed by atoms with Gasteiger partial charge in [-0.25, -0.2) is 10.1 Å². The molecular formula is C14H14N4O3S. The van der Waals surface area contributed by atoms with Crippen LogP contribution in [0, 0.1) is 0 Å². The van der Waals surface area contributed by atoms with Crippen molar-refractivity contribution >= 4 is 21.9 Å². The Morgan fingerprint density at radius 2 is 2.14 bits per heavy atom. The molecule has 0 saturated carbocycles. The van der Waals surface area contributed by atoms with Crippen molar-refractivity contribution in [2.75, 3.05) is 5.32 Å². The Balaban J connectivity index is 1.94. The molecule has 0 saturated heterocycles. The summed E-state index contributed by atoms with van der Waals surface area (Å²) in [5, 5.41) is 7.64. The predicted molar refractivity (Wildman–Crippen MR) is 82.0 cm³/mol. The molecule has 0 unspecified atom stereocenters. The molecule has 0 radical (unpaired) electrons. The first-order valence-corrected chi connectivity index (χ1v) is 8.11. The molecule has 1 aliphatic heterocycles. The number of fused-ring (bicyclic) bond motifs is 1. The highest BCUT2D eigenvalue weighted by Gasteiger charge is 2.22. The Morgan fingerprint density at radius 1 is 1.32 bits per heavy atom. The standard InChI is InChI=1S/C14H14N4O3S/c15-22(20,21)17-8-9-2-1-3-10(6-9)11-4-5-16-14-12(11)7-13(19)18-14/h1-6,17H,7-8H2,(H2,15,20,21)(H,16,18,19). The summed E-state index contributed by atoms with van der Waals surface area (Å²) in [6.45, 7) is 0.108. The zero-order valence-electron chi connectivity index (χ0n) is 11.5. The van der Waals surface area contributed by atoms with Crippen LogP contribution < -0.4 is 15.2 Å². The van der Waals surface area contributed by atoms with Gasteiger partial charge in [-0.2, -0.15) is 13.1 Å². The summed E-state index contributed by atoms with van der Waals surface area (Å²) < 4.78 is 24.2. The monoisotopic (exact) mass is 318 g/mol. The molecule has 0 aliphatic carbocycles. The van der Waals surface area contributed by atoms with Crippen molar-refractivity contribution in [1.29, 1.82) is 0 Å². The number of aromatic nitrogens is 1. The number of carbonyl (C=O) groups excluding carboxylic acids is 1. The number of benzene rings is 1. The van der Waals surface area contributed by atoms with Gasteiger partial charge in [-0.1, -0.05) is 18.2 Å². The third kappa shape index (κ3) is 3.14. The number of pyridine rings is 1. The van der Waals surface area contributed by atoms with E-state index in [-0.39, 0.29) is 18.9 Å². The number of hydrogen-bond donors (Lipinski definition) is 3. The smallest absolute Gasteiger partial charge is 0.274 e. The van der Waals surface area contributed by atoms with E-state index in [0.717, 1.165) is 22.3 Å². The number of nitrogens with zero attached hydrogens (tertiary/aromatic N) is 1. The number of anilines is 1. The zero-order chi connectivity index (χ0) is 15.7. The maximum atomic E-state index is 11.5. The Bertz CT molecular complexity index is 849. The lowest BCUT2D eigenvalue weighted by Gasteiger charge is -2.09. The van der Waals surface area contributed by atoms with Crippen LogP contribution in [0.25, 0.3) is 11.1 Å². The lowest BCUT2D eigenvalue weighted by atomic mass is 9.98. The van der Waals surface area contributed by atoms with E-state index >= 15 is 0 Å². The van der Waals surface area contributed by atoms with Crippen molar-refractivity contribution < 1.29 is 13.2 Å². The summed E-state index contributed by atoms with van der Waals surface area (Å²) in [6.07, 6.45) is 1.92. The first kappa shape index (κ1) is 14.6. The van der Waals surface area contributed by atoms with Crippen molar-refractivity contribution in [2.24, 2.45) is 5.14 Å². The van der Waals surface area contributed by atoms with Gasteiger partial charge in [-0.3, -0.25) is 4.79 Å². The SMILES string of the molecule is NS(=O)(=O)NCc1cccc(-c2ccnc3c2CC(=O)N3)c1. The Kier molecular flexibility index (Phi) is 3.65. The van der Waals surface area contributed by atoms with Crippen LogP contribution in [0.1, 0.15) is 11.1 Å². The predicted octanol–water partition coefficient (Wildman–Crippen LogP) is 0.536. The molecule has 1 aromatic carbocycles. The van der Waals surface area contributed by atoms with Gasteiger partial charge in [-0.15, -0.1) is 0 Å². The highest BCUT2D eigenvalue weighted by Crippen LogP contribution is 2.31. The minimum atomic E-state index is -3.73. The van der Waals surface area contributed by atoms with Crippen molar-refractivity contribution in [3.05, 3.63) is 47.7 Å². The molecule has 0 atom stereocenters. The first-order chi connectivity index (χ1) is 10.4. The quantitative estimate of drug-likeness (QED) is 0.763. The van der Waals surface area contributed by atoms with Crippen molar-refractivity contribution in [1.82, 2.24) is 9.71 Å². The molecule has 2 aromatic rings. The lowest BCUT2D eigenvalue weighted by molar-refractivity contribution is -0.115. The van der Waals surface area contributed by atoms with E-state index in [1.54, 1.807) is 12.3 Å². The summed E-state index contributed by atoms with van der Waals surface area (Å²) in [5.74, 6) is 0.498. The summed E-state index contributed by atoms with van der Waals surface area (Å²) in [5.41, 5.74) is 3.42. The minimum absolute atomic E-state index is 0.0815. The molecule has 0 spiro atoms. The summed E-state index contributed by atoms with van der Waals surface area (Å²) in [4.78, 5) is 15.7. The molecule has 1 aromatic heterocycles. The average Bonchev–Trinajstić information content (AvgIpc) is 2.84. The Morgan fingerprint density at radius 3 is 2.91 bits per heavy atom. The zero-order valence-corrected chi connectivity index (χ0v) is 12.4. The van der Waals surface area contributed by atoms with Gasteiger partial charge in [0.15, 0.2) is 0 Å². The van der Waals surface area contributed by atoms with E-state index in [1.807, 2.05) is 24.3 Å². The number of carbonyl (C=O) groups is 1. The van der Waals surface area contributed by atoms with Crippen LogP contribution in [0.15, 0.2) is 36.5 Å². The van der Waals surface area contributed by atoms with Crippen LogP contribution in [-0.4, -0.2) is 19.3 Å². The summed E-state index contributed by atoms with van der Waals surface area (Å²) in [6, 6.07) is 9.22. The topological polar surface area (TPSA) is 114 Å². The molecule has 1 aliphatic rings. The van der Waals surface area contributed by atoms with Gasteiger partial charge in [0.2, 0.25) is 5.91 Å². The molecule has 3 rings (SSSR count). The Hall–Kier alpha value is -2.29. The molecule has 114 valence electrons. The molecule has 4 N–H and O–H groups in total. The highest BCUT2D eigenvalue weighted by atomic mass is 32.2. The molecule has 2 heterocycles. The molecule has 0 bridgehead atoms. The van der Waals surface area contributed by atoms with E-state index in [9.17, 15) is 13.2 Å². The van der Waals surface area contributed by atoms with Crippen LogP contribution in [0.4, 0.5) is 5.82 Å². The fraction of sp³-hybridized carbons (Fsp3) is 0.143. The molecule has 8 heteroatoms. The fourth-order valence-corrected chi connectivity index (χ4v) is 2.79. The maximum absolute atomic E-state index is 11.5. The van der Waals surface area contributed by atoms with Gasteiger partial charge in [0.1, 0.15) is 5.82 Å². The van der Waals surface area contributed by atoms with Crippen LogP contribution in [-0.2, 0) is 28.0 Å². The third-order valence-electron chi connectivity index (χ3n) is 3.37. The molecule has 1 amide bonds. The second-order valence-corrected chi connectivity index (χ2v) is 6.36. The second kappa shape index (κ2) is 5.48. The number of nitrogens with two attached hydrogens (primary N) is 1. The second-order valence-electron chi connectivity index (χ2n) is 4.98. The van der Waals surface area contributed by atoms with Crippen LogP contribution in [0.2, 0.25) is 0 Å². The molecule has 7 nitrogen and oxygen atoms in total. The largest absolute Gasteiger partial charge is 0.310 e. The van der Waals surface area contributed by atoms with Gasteiger partial charge in [-0.05, 0) is 28.8 Å². The Labute approximate surface area is 127 Å². The number of hydrogen-bond acceptors (Lipinski definition) is 4. The van der Waals surface area contributed by atoms with Crippen molar-refractivity contribution in [2.45, 2.75) is 13.0 Å². The minimum Gasteiger partial charge on any atom is -0.310 e. The van der Waals surface area contributed by atoms with Gasteiger partial charge >= 0.3 is 0 Å². The lowest BCUT2D eigenvalue weighted by Crippen LogP contribution is -2.30. The average molecular weight is 318 g/mol. The van der Waals surface area contributed by atoms with Crippen LogP contribution >= 0.6 is 0 Å². The van der Waals surface area contributed by atoms with E-state index in [0.29, 0.717) is 5.82 Å². The first-order valence-electron chi connectivity index (χ1n) is 6.57. The van der Waals surface area contributed by atoms with Crippen LogP contribution in [0.3, 0.4) is 0 Å². The molecular weight excluding hydrogens is 304 g/mol. The van der Waals surface area contributed by atoms with E-state index in [2.05, 4.69) is 15.0 Å². The van der Waals surface area contributed by atoms with Gasteiger partial charge < -0.3 is 5.32 Å². The van der Waals surface area contributed by atoms with E-state index in [1.165, 1.54) is 0 Å². The third-order valence-corrected chi connectivity index (χ3v) is 3.91. The highest BCUT2D eigenvalue weighted by molar-refractivity contribution is 7.87. The van der Waals surface area contributed by atoms with E-state index in [4.69, 9.17) is 5.14 Å². The number of nitrogens with one attached hydrogen (secondary N) is 2. The number of rotatable bonds is 4.